The van der Waals surface area contributed by atoms with E-state index in [1.54, 1.807) is 18.7 Å². The molecule has 2 aromatic heterocycles. The number of hydrogen-bond donors (Lipinski definition) is 0. The van der Waals surface area contributed by atoms with Gasteiger partial charge in [0.25, 0.3) is 0 Å². The van der Waals surface area contributed by atoms with Crippen LogP contribution in [0.1, 0.15) is 29.9 Å². The van der Waals surface area contributed by atoms with Crippen LogP contribution in [-0.4, -0.2) is 72.9 Å². The van der Waals surface area contributed by atoms with Gasteiger partial charge >= 0.3 is 6.18 Å². The highest BCUT2D eigenvalue weighted by atomic mass is 32.2. The van der Waals surface area contributed by atoms with Gasteiger partial charge in [-0.1, -0.05) is 5.16 Å². The molecule has 0 radical (unpaired) electrons. The molecule has 2 fully saturated rings. The number of sulfonamides is 1. The summed E-state index contributed by atoms with van der Waals surface area (Å²) in [5, 5.41) is 3.72. The SMILES string of the molecule is Cc1noc(C)c1S(=O)(=O)N1CCC(C(=O)N2CCN(c3ccc(C(F)(F)F)cn3)CC2)CC1. The first-order valence-corrected chi connectivity index (χ1v) is 12.4. The van der Waals surface area contributed by atoms with Crippen LogP contribution in [0, 0.1) is 19.8 Å². The summed E-state index contributed by atoms with van der Waals surface area (Å²) in [6, 6.07) is 2.35. The van der Waals surface area contributed by atoms with E-state index in [2.05, 4.69) is 10.1 Å². The number of alkyl halides is 3. The van der Waals surface area contributed by atoms with Crippen molar-refractivity contribution in [2.75, 3.05) is 44.2 Å². The van der Waals surface area contributed by atoms with Gasteiger partial charge in [0.2, 0.25) is 15.9 Å². The maximum atomic E-state index is 13.0. The number of anilines is 1. The van der Waals surface area contributed by atoms with Crippen LogP contribution >= 0.6 is 0 Å². The summed E-state index contributed by atoms with van der Waals surface area (Å²) in [6.07, 6.45) is -2.78. The van der Waals surface area contributed by atoms with Crippen LogP contribution in [0.3, 0.4) is 0 Å². The van der Waals surface area contributed by atoms with Crippen molar-refractivity contribution >= 4 is 21.7 Å². The van der Waals surface area contributed by atoms with Gasteiger partial charge in [-0.2, -0.15) is 17.5 Å². The van der Waals surface area contributed by atoms with Gasteiger partial charge in [-0.15, -0.1) is 0 Å². The molecular weight excluding hydrogens is 475 g/mol. The number of amides is 1. The Balaban J connectivity index is 1.31. The van der Waals surface area contributed by atoms with E-state index in [1.807, 2.05) is 4.90 Å². The monoisotopic (exact) mass is 501 g/mol. The Morgan fingerprint density at radius 1 is 1.06 bits per heavy atom. The van der Waals surface area contributed by atoms with Crippen LogP contribution in [-0.2, 0) is 21.0 Å². The number of aryl methyl sites for hydroxylation is 2. The lowest BCUT2D eigenvalue weighted by molar-refractivity contribution is -0.138. The Bertz CT molecular complexity index is 1110. The van der Waals surface area contributed by atoms with E-state index in [9.17, 15) is 26.4 Å². The second kappa shape index (κ2) is 9.17. The zero-order valence-electron chi connectivity index (χ0n) is 18.9. The summed E-state index contributed by atoms with van der Waals surface area (Å²) in [6.45, 7) is 5.39. The summed E-state index contributed by atoms with van der Waals surface area (Å²) in [5.41, 5.74) is -0.483. The minimum Gasteiger partial charge on any atom is -0.360 e. The number of rotatable bonds is 4. The lowest BCUT2D eigenvalue weighted by Crippen LogP contribution is -2.52. The highest BCUT2D eigenvalue weighted by Gasteiger charge is 2.37. The maximum Gasteiger partial charge on any atom is 0.417 e. The number of pyridine rings is 1. The molecule has 2 aromatic rings. The number of hydrogen-bond acceptors (Lipinski definition) is 7. The van der Waals surface area contributed by atoms with E-state index in [1.165, 1.54) is 10.4 Å². The zero-order chi connectivity index (χ0) is 24.7. The molecule has 4 heterocycles. The summed E-state index contributed by atoms with van der Waals surface area (Å²) in [7, 11) is -3.74. The molecule has 0 unspecified atom stereocenters. The largest absolute Gasteiger partial charge is 0.417 e. The van der Waals surface area contributed by atoms with Crippen molar-refractivity contribution in [2.45, 2.75) is 37.8 Å². The number of piperazine rings is 1. The third kappa shape index (κ3) is 4.76. The van der Waals surface area contributed by atoms with Crippen molar-refractivity contribution in [3.05, 3.63) is 35.3 Å². The predicted molar refractivity (Wildman–Crippen MR) is 115 cm³/mol. The Labute approximate surface area is 195 Å². The fraction of sp³-hybridized carbons (Fsp3) is 0.571. The molecule has 0 spiro atoms. The topological polar surface area (TPSA) is 99.8 Å². The average Bonchev–Trinajstić information content (AvgIpc) is 3.17. The Morgan fingerprint density at radius 3 is 2.21 bits per heavy atom. The third-order valence-corrected chi connectivity index (χ3v) is 8.50. The molecule has 0 aromatic carbocycles. The number of piperidine rings is 1. The molecule has 2 aliphatic heterocycles. The number of aromatic nitrogens is 2. The van der Waals surface area contributed by atoms with Crippen molar-refractivity contribution in [1.82, 2.24) is 19.3 Å². The van der Waals surface area contributed by atoms with Crippen LogP contribution < -0.4 is 4.90 Å². The maximum absolute atomic E-state index is 13.0. The van der Waals surface area contributed by atoms with Gasteiger partial charge in [0.1, 0.15) is 16.4 Å². The standard InChI is InChI=1S/C21H26F3N5O4S/c1-14-19(15(2)33-26-14)34(31,32)29-7-5-16(6-8-29)20(30)28-11-9-27(10-12-28)18-4-3-17(13-25-18)21(22,23)24/h3-4,13,16H,5-12H2,1-2H3. The normalized spacial score (nSPS) is 19.0. The minimum atomic E-state index is -4.43. The first kappa shape index (κ1) is 24.5. The average molecular weight is 502 g/mol. The van der Waals surface area contributed by atoms with Crippen LogP contribution in [0.2, 0.25) is 0 Å². The van der Waals surface area contributed by atoms with E-state index >= 15 is 0 Å². The molecule has 9 nitrogen and oxygen atoms in total. The number of carbonyl (C=O) groups is 1. The number of halogens is 3. The van der Waals surface area contributed by atoms with Crippen molar-refractivity contribution in [1.29, 1.82) is 0 Å². The lowest BCUT2D eigenvalue weighted by atomic mass is 9.96. The van der Waals surface area contributed by atoms with Crippen LogP contribution in [0.4, 0.5) is 19.0 Å². The van der Waals surface area contributed by atoms with Crippen LogP contribution in [0.5, 0.6) is 0 Å². The Hall–Kier alpha value is -2.67. The fourth-order valence-electron chi connectivity index (χ4n) is 4.47. The van der Waals surface area contributed by atoms with Gasteiger partial charge in [-0.25, -0.2) is 13.4 Å². The number of nitrogens with zero attached hydrogens (tertiary/aromatic N) is 5. The molecule has 4 rings (SSSR count). The molecule has 34 heavy (non-hydrogen) atoms. The van der Waals surface area contributed by atoms with E-state index in [0.29, 0.717) is 50.5 Å². The van der Waals surface area contributed by atoms with E-state index in [-0.39, 0.29) is 35.6 Å². The first-order valence-electron chi connectivity index (χ1n) is 11.0. The molecule has 0 bridgehead atoms. The van der Waals surface area contributed by atoms with Gasteiger partial charge in [0, 0.05) is 51.4 Å². The molecular formula is C21H26F3N5O4S. The van der Waals surface area contributed by atoms with Gasteiger partial charge in [0.05, 0.1) is 5.56 Å². The van der Waals surface area contributed by atoms with Crippen molar-refractivity contribution < 1.29 is 30.9 Å². The summed E-state index contributed by atoms with van der Waals surface area (Å²) >= 11 is 0. The molecule has 13 heteroatoms. The third-order valence-electron chi connectivity index (χ3n) is 6.36. The smallest absolute Gasteiger partial charge is 0.360 e. The van der Waals surface area contributed by atoms with Crippen molar-refractivity contribution in [3.63, 3.8) is 0 Å². The summed E-state index contributed by atoms with van der Waals surface area (Å²) < 4.78 is 70.5. The molecule has 2 saturated heterocycles. The second-order valence-corrected chi connectivity index (χ2v) is 10.4. The van der Waals surface area contributed by atoms with Crippen LogP contribution in [0.15, 0.2) is 27.7 Å². The molecule has 0 saturated carbocycles. The van der Waals surface area contributed by atoms with Gasteiger partial charge < -0.3 is 14.3 Å². The Morgan fingerprint density at radius 2 is 1.71 bits per heavy atom. The van der Waals surface area contributed by atoms with Crippen molar-refractivity contribution in [2.24, 2.45) is 5.92 Å². The van der Waals surface area contributed by atoms with Crippen molar-refractivity contribution in [3.8, 4) is 0 Å². The molecule has 0 N–H and O–H groups in total. The first-order chi connectivity index (χ1) is 16.0. The van der Waals surface area contributed by atoms with Gasteiger partial charge in [-0.05, 0) is 38.8 Å². The minimum absolute atomic E-state index is 0.0191. The Kier molecular flexibility index (Phi) is 6.60. The molecule has 1 amide bonds. The second-order valence-electron chi connectivity index (χ2n) is 8.55. The quantitative estimate of drug-likeness (QED) is 0.635. The van der Waals surface area contributed by atoms with Gasteiger partial charge in [0.15, 0.2) is 5.76 Å². The molecule has 2 aliphatic rings. The zero-order valence-corrected chi connectivity index (χ0v) is 19.7. The highest BCUT2D eigenvalue weighted by Crippen LogP contribution is 2.30. The summed E-state index contributed by atoms with van der Waals surface area (Å²) in [4.78, 5) is 20.6. The van der Waals surface area contributed by atoms with E-state index in [4.69, 9.17) is 4.52 Å². The lowest BCUT2D eigenvalue weighted by Gasteiger charge is -2.38. The van der Waals surface area contributed by atoms with E-state index in [0.717, 1.165) is 12.3 Å². The molecule has 0 aliphatic carbocycles. The molecule has 186 valence electrons. The van der Waals surface area contributed by atoms with Crippen LogP contribution in [0.25, 0.3) is 0 Å². The van der Waals surface area contributed by atoms with Gasteiger partial charge in [-0.3, -0.25) is 4.79 Å². The van der Waals surface area contributed by atoms with E-state index < -0.39 is 21.8 Å². The summed E-state index contributed by atoms with van der Waals surface area (Å²) in [5.74, 6) is 0.398. The predicted octanol–water partition coefficient (Wildman–Crippen LogP) is 2.45. The number of carbonyl (C=O) groups excluding carboxylic acids is 1. The molecule has 0 atom stereocenters. The fourth-order valence-corrected chi connectivity index (χ4v) is 6.23. The highest BCUT2D eigenvalue weighted by molar-refractivity contribution is 7.89.